The van der Waals surface area contributed by atoms with E-state index in [1.165, 1.54) is 4.31 Å². The number of benzene rings is 3. The number of rotatable bonds is 9. The average Bonchev–Trinajstić information content (AvgIpc) is 2.84. The molecule has 0 aliphatic rings. The van der Waals surface area contributed by atoms with Crippen LogP contribution in [0.5, 0.6) is 5.75 Å². The second-order valence-electron chi connectivity index (χ2n) is 7.37. The van der Waals surface area contributed by atoms with Crippen LogP contribution < -0.4 is 9.04 Å². The number of sulfonamides is 1. The summed E-state index contributed by atoms with van der Waals surface area (Å²) in [5.74, 6) is 0.563. The number of thioether (sulfide) groups is 1. The number of amides is 1. The third-order valence-electron chi connectivity index (χ3n) is 5.28. The van der Waals surface area contributed by atoms with E-state index in [0.717, 1.165) is 16.2 Å². The number of hydrogen-bond acceptors (Lipinski definition) is 5. The third-order valence-corrected chi connectivity index (χ3v) is 7.94. The fourth-order valence-corrected chi connectivity index (χ4v) is 5.40. The molecule has 3 aromatic carbocycles. The molecule has 6 nitrogen and oxygen atoms in total. The van der Waals surface area contributed by atoms with Gasteiger partial charge in [-0.2, -0.15) is 0 Å². The van der Waals surface area contributed by atoms with E-state index >= 15 is 0 Å². The molecule has 174 valence electrons. The van der Waals surface area contributed by atoms with Crippen molar-refractivity contribution in [1.29, 1.82) is 0 Å². The molecule has 0 unspecified atom stereocenters. The SMILES string of the molecule is CCN(c1ccc(C(=O)N(C)Cc2ccccc2OC)cc1)S(=O)(=O)c1ccc(SC)cc1. The lowest BCUT2D eigenvalue weighted by Crippen LogP contribution is -2.31. The van der Waals surface area contributed by atoms with Crippen molar-refractivity contribution in [1.82, 2.24) is 4.90 Å². The summed E-state index contributed by atoms with van der Waals surface area (Å²) in [4.78, 5) is 15.8. The summed E-state index contributed by atoms with van der Waals surface area (Å²) >= 11 is 1.56. The second kappa shape index (κ2) is 10.8. The minimum atomic E-state index is -3.71. The fraction of sp³-hybridized carbons (Fsp3) is 0.240. The highest BCUT2D eigenvalue weighted by Gasteiger charge is 2.24. The molecule has 0 saturated carbocycles. The molecule has 0 heterocycles. The predicted octanol–water partition coefficient (Wildman–Crippen LogP) is 4.90. The van der Waals surface area contributed by atoms with Crippen LogP contribution in [-0.4, -0.2) is 46.2 Å². The number of carbonyl (C=O) groups excluding carboxylic acids is 1. The molecular formula is C25H28N2O4S2. The van der Waals surface area contributed by atoms with Crippen LogP contribution in [-0.2, 0) is 16.6 Å². The van der Waals surface area contributed by atoms with Crippen LogP contribution in [0.25, 0.3) is 0 Å². The van der Waals surface area contributed by atoms with Crippen LogP contribution in [0.3, 0.4) is 0 Å². The Morgan fingerprint density at radius 3 is 2.18 bits per heavy atom. The topological polar surface area (TPSA) is 66.9 Å². The van der Waals surface area contributed by atoms with Gasteiger partial charge in [0.2, 0.25) is 0 Å². The maximum atomic E-state index is 13.2. The molecule has 33 heavy (non-hydrogen) atoms. The van der Waals surface area contributed by atoms with Crippen LogP contribution in [0.2, 0.25) is 0 Å². The Morgan fingerprint density at radius 1 is 0.970 bits per heavy atom. The van der Waals surface area contributed by atoms with Crippen LogP contribution in [0.4, 0.5) is 5.69 Å². The molecule has 8 heteroatoms. The number of hydrogen-bond donors (Lipinski definition) is 0. The molecule has 0 fully saturated rings. The predicted molar refractivity (Wildman–Crippen MR) is 134 cm³/mol. The van der Waals surface area contributed by atoms with Gasteiger partial charge in [0.1, 0.15) is 5.75 Å². The summed E-state index contributed by atoms with van der Waals surface area (Å²) in [6, 6.07) is 21.0. The lowest BCUT2D eigenvalue weighted by Gasteiger charge is -2.24. The summed E-state index contributed by atoms with van der Waals surface area (Å²) in [7, 11) is -0.385. The second-order valence-corrected chi connectivity index (χ2v) is 10.1. The van der Waals surface area contributed by atoms with Gasteiger partial charge in [0.05, 0.1) is 17.7 Å². The van der Waals surface area contributed by atoms with Crippen LogP contribution in [0.1, 0.15) is 22.8 Å². The van der Waals surface area contributed by atoms with Gasteiger partial charge in [0, 0.05) is 36.2 Å². The van der Waals surface area contributed by atoms with Crippen LogP contribution in [0.15, 0.2) is 82.6 Å². The van der Waals surface area contributed by atoms with Crippen molar-refractivity contribution in [3.63, 3.8) is 0 Å². The maximum absolute atomic E-state index is 13.2. The van der Waals surface area contributed by atoms with E-state index in [2.05, 4.69) is 0 Å². The first kappa shape index (κ1) is 24.7. The lowest BCUT2D eigenvalue weighted by atomic mass is 10.1. The van der Waals surface area contributed by atoms with E-state index in [0.29, 0.717) is 17.8 Å². The molecule has 0 bridgehead atoms. The minimum absolute atomic E-state index is 0.161. The van der Waals surface area contributed by atoms with Gasteiger partial charge in [-0.05, 0) is 67.8 Å². The highest BCUT2D eigenvalue weighted by Crippen LogP contribution is 2.26. The van der Waals surface area contributed by atoms with Gasteiger partial charge in [-0.3, -0.25) is 9.10 Å². The van der Waals surface area contributed by atoms with Crippen molar-refractivity contribution in [2.24, 2.45) is 0 Å². The van der Waals surface area contributed by atoms with E-state index in [1.807, 2.05) is 30.5 Å². The van der Waals surface area contributed by atoms with E-state index in [9.17, 15) is 13.2 Å². The molecule has 3 aromatic rings. The average molecular weight is 485 g/mol. The van der Waals surface area contributed by atoms with E-state index in [-0.39, 0.29) is 17.3 Å². The summed E-state index contributed by atoms with van der Waals surface area (Å²) in [5.41, 5.74) is 1.90. The summed E-state index contributed by atoms with van der Waals surface area (Å²) in [5, 5.41) is 0. The number of carbonyl (C=O) groups is 1. The Kier molecular flexibility index (Phi) is 8.05. The Balaban J connectivity index is 1.79. The van der Waals surface area contributed by atoms with Gasteiger partial charge in [-0.25, -0.2) is 8.42 Å². The standard InChI is InChI=1S/C25H28N2O4S2/c1-5-27(33(29,30)23-16-14-22(32-4)15-17-23)21-12-10-19(11-13-21)25(28)26(2)18-20-8-6-7-9-24(20)31-3/h6-17H,5,18H2,1-4H3. The number of methoxy groups -OCH3 is 1. The zero-order valence-corrected chi connectivity index (χ0v) is 20.8. The van der Waals surface area contributed by atoms with E-state index < -0.39 is 10.0 Å². The first-order chi connectivity index (χ1) is 15.8. The largest absolute Gasteiger partial charge is 0.496 e. The molecule has 0 aliphatic carbocycles. The molecule has 3 rings (SSSR count). The smallest absolute Gasteiger partial charge is 0.264 e. The van der Waals surface area contributed by atoms with Crippen molar-refractivity contribution < 1.29 is 17.9 Å². The molecule has 1 amide bonds. The molecule has 0 saturated heterocycles. The van der Waals surface area contributed by atoms with Gasteiger partial charge >= 0.3 is 0 Å². The number of anilines is 1. The van der Waals surface area contributed by atoms with Crippen LogP contribution >= 0.6 is 11.8 Å². The molecule has 0 aliphatic heterocycles. The molecule has 0 aromatic heterocycles. The number of nitrogens with zero attached hydrogens (tertiary/aromatic N) is 2. The summed E-state index contributed by atoms with van der Waals surface area (Å²) < 4.78 is 33.1. The van der Waals surface area contributed by atoms with Crippen molar-refractivity contribution in [2.75, 3.05) is 31.3 Å². The van der Waals surface area contributed by atoms with Gasteiger partial charge < -0.3 is 9.64 Å². The first-order valence-corrected chi connectivity index (χ1v) is 13.1. The highest BCUT2D eigenvalue weighted by molar-refractivity contribution is 7.98. The van der Waals surface area contributed by atoms with Crippen molar-refractivity contribution >= 4 is 33.4 Å². The van der Waals surface area contributed by atoms with Gasteiger partial charge in [-0.1, -0.05) is 18.2 Å². The number of para-hydroxylation sites is 1. The molecular weight excluding hydrogens is 456 g/mol. The molecule has 0 radical (unpaired) electrons. The van der Waals surface area contributed by atoms with Gasteiger partial charge in [0.25, 0.3) is 15.9 Å². The minimum Gasteiger partial charge on any atom is -0.496 e. The van der Waals surface area contributed by atoms with Crippen molar-refractivity contribution in [3.05, 3.63) is 83.9 Å². The normalized spacial score (nSPS) is 11.2. The molecule has 0 spiro atoms. The van der Waals surface area contributed by atoms with E-state index in [1.54, 1.807) is 86.3 Å². The maximum Gasteiger partial charge on any atom is 0.264 e. The fourth-order valence-electron chi connectivity index (χ4n) is 3.52. The zero-order valence-electron chi connectivity index (χ0n) is 19.2. The first-order valence-electron chi connectivity index (χ1n) is 10.5. The van der Waals surface area contributed by atoms with Gasteiger partial charge in [-0.15, -0.1) is 11.8 Å². The third kappa shape index (κ3) is 5.51. The van der Waals surface area contributed by atoms with Crippen molar-refractivity contribution in [3.8, 4) is 5.75 Å². The number of ether oxygens (including phenoxy) is 1. The Hall–Kier alpha value is -2.97. The quantitative estimate of drug-likeness (QED) is 0.404. The Labute approximate surface area is 200 Å². The Morgan fingerprint density at radius 2 is 1.61 bits per heavy atom. The summed E-state index contributed by atoms with van der Waals surface area (Å²) in [6.07, 6.45) is 1.94. The highest BCUT2D eigenvalue weighted by atomic mass is 32.2. The Bertz CT molecular complexity index is 1190. The monoisotopic (exact) mass is 484 g/mol. The van der Waals surface area contributed by atoms with Crippen LogP contribution in [0, 0.1) is 0 Å². The van der Waals surface area contributed by atoms with E-state index in [4.69, 9.17) is 4.74 Å². The molecule has 0 atom stereocenters. The lowest BCUT2D eigenvalue weighted by molar-refractivity contribution is 0.0784. The van der Waals surface area contributed by atoms with Gasteiger partial charge in [0.15, 0.2) is 0 Å². The van der Waals surface area contributed by atoms with Crippen molar-refractivity contribution in [2.45, 2.75) is 23.3 Å². The molecule has 0 N–H and O–H groups in total. The summed E-state index contributed by atoms with van der Waals surface area (Å²) in [6.45, 7) is 2.45. The zero-order chi connectivity index (χ0) is 24.0.